The molecule has 0 saturated heterocycles. The predicted molar refractivity (Wildman–Crippen MR) is 164 cm³/mol. The average molecular weight is 497 g/mol. The smallest absolute Gasteiger partial charge is 0.0565 e. The number of nitrogens with one attached hydrogen (secondary N) is 1. The molecule has 0 atom stereocenters. The third kappa shape index (κ3) is 3.53. The lowest BCUT2D eigenvalue weighted by Gasteiger charge is -2.18. The Morgan fingerprint density at radius 1 is 0.410 bits per heavy atom. The summed E-state index contributed by atoms with van der Waals surface area (Å²) in [5, 5.41) is 14.8. The van der Waals surface area contributed by atoms with E-state index in [0.717, 1.165) is 11.1 Å². The minimum Gasteiger partial charge on any atom is -0.285 e. The first kappa shape index (κ1) is 21.8. The average Bonchev–Trinajstić information content (AvgIpc) is 3.56. The second kappa shape index (κ2) is 8.68. The second-order valence-corrected chi connectivity index (χ2v) is 10.2. The summed E-state index contributed by atoms with van der Waals surface area (Å²) in [6.45, 7) is 0. The van der Waals surface area contributed by atoms with E-state index in [1.54, 1.807) is 0 Å². The Morgan fingerprint density at radius 2 is 0.949 bits per heavy atom. The van der Waals surface area contributed by atoms with Crippen LogP contribution in [0.15, 0.2) is 140 Å². The first-order chi connectivity index (χ1) is 19.3. The Bertz CT molecular complexity index is 2050. The van der Waals surface area contributed by atoms with Crippen LogP contribution in [0.1, 0.15) is 0 Å². The molecule has 7 aromatic carbocycles. The van der Waals surface area contributed by atoms with E-state index in [0.29, 0.717) is 0 Å². The molecule has 2 heteroatoms. The van der Waals surface area contributed by atoms with E-state index >= 15 is 0 Å². The van der Waals surface area contributed by atoms with Crippen molar-refractivity contribution in [2.45, 2.75) is 0 Å². The monoisotopic (exact) mass is 496 g/mol. The van der Waals surface area contributed by atoms with Crippen LogP contribution in [-0.4, -0.2) is 10.2 Å². The molecule has 0 saturated carbocycles. The van der Waals surface area contributed by atoms with Crippen molar-refractivity contribution in [3.8, 4) is 44.5 Å². The van der Waals surface area contributed by atoms with Gasteiger partial charge in [-0.1, -0.05) is 121 Å². The zero-order valence-electron chi connectivity index (χ0n) is 21.2. The van der Waals surface area contributed by atoms with Crippen LogP contribution in [0.25, 0.3) is 76.8 Å². The molecule has 1 aromatic heterocycles. The number of aromatic nitrogens is 2. The Labute approximate surface area is 226 Å². The molecule has 0 amide bonds. The van der Waals surface area contributed by atoms with Gasteiger partial charge in [-0.25, -0.2) is 0 Å². The van der Waals surface area contributed by atoms with Gasteiger partial charge in [0.05, 0.1) is 6.20 Å². The third-order valence-electron chi connectivity index (χ3n) is 7.98. The van der Waals surface area contributed by atoms with Crippen LogP contribution >= 0.6 is 0 Å². The number of hydrogen-bond acceptors (Lipinski definition) is 1. The van der Waals surface area contributed by atoms with Crippen LogP contribution in [0.3, 0.4) is 0 Å². The summed E-state index contributed by atoms with van der Waals surface area (Å²) in [5.41, 5.74) is 9.66. The van der Waals surface area contributed by atoms with Gasteiger partial charge in [-0.3, -0.25) is 5.10 Å². The molecule has 0 aliphatic carbocycles. The minimum absolute atomic E-state index is 1.09. The fourth-order valence-corrected chi connectivity index (χ4v) is 6.03. The maximum Gasteiger partial charge on any atom is 0.0565 e. The van der Waals surface area contributed by atoms with Gasteiger partial charge in [0.1, 0.15) is 0 Å². The zero-order valence-corrected chi connectivity index (χ0v) is 21.2. The van der Waals surface area contributed by atoms with Gasteiger partial charge in [0.2, 0.25) is 0 Å². The maximum absolute atomic E-state index is 4.11. The Hall–Kier alpha value is -5.21. The Balaban J connectivity index is 1.37. The van der Waals surface area contributed by atoms with Crippen molar-refractivity contribution in [1.29, 1.82) is 0 Å². The summed E-state index contributed by atoms with van der Waals surface area (Å²) >= 11 is 0. The van der Waals surface area contributed by atoms with Crippen LogP contribution in [0, 0.1) is 0 Å². The Morgan fingerprint density at radius 3 is 1.51 bits per heavy atom. The Kier molecular flexibility index (Phi) is 4.86. The fraction of sp³-hybridized carbons (Fsp3) is 0. The maximum atomic E-state index is 4.11. The highest BCUT2D eigenvalue weighted by atomic mass is 15.1. The lowest BCUT2D eigenvalue weighted by molar-refractivity contribution is 1.09. The van der Waals surface area contributed by atoms with E-state index in [1.165, 1.54) is 65.7 Å². The second-order valence-electron chi connectivity index (χ2n) is 10.2. The lowest BCUT2D eigenvalue weighted by atomic mass is 9.85. The normalized spacial score (nSPS) is 11.6. The first-order valence-electron chi connectivity index (χ1n) is 13.3. The van der Waals surface area contributed by atoms with Gasteiger partial charge >= 0.3 is 0 Å². The van der Waals surface area contributed by atoms with Gasteiger partial charge in [0.15, 0.2) is 0 Å². The van der Waals surface area contributed by atoms with Gasteiger partial charge in [0, 0.05) is 11.8 Å². The van der Waals surface area contributed by atoms with Crippen molar-refractivity contribution in [2.75, 3.05) is 0 Å². The van der Waals surface area contributed by atoms with E-state index in [2.05, 4.69) is 138 Å². The van der Waals surface area contributed by atoms with E-state index in [4.69, 9.17) is 0 Å². The van der Waals surface area contributed by atoms with E-state index in [9.17, 15) is 0 Å². The largest absolute Gasteiger partial charge is 0.285 e. The van der Waals surface area contributed by atoms with Gasteiger partial charge in [-0.2, -0.15) is 5.10 Å². The standard InChI is InChI=1S/C37H24N2/c1-2-5-24(6-3-1)25-9-13-27(14-10-25)34-21-35(28-15-11-26(12-16-28)31-22-38-39-23-31)33-20-18-30-8-4-7-29-17-19-32(34)37(33)36(29)30/h1-23H,(H,38,39). The molecule has 8 aromatic rings. The molecule has 39 heavy (non-hydrogen) atoms. The summed E-state index contributed by atoms with van der Waals surface area (Å²) in [6, 6.07) is 46.5. The van der Waals surface area contributed by atoms with Crippen molar-refractivity contribution >= 4 is 32.3 Å². The van der Waals surface area contributed by atoms with Crippen LogP contribution in [0.2, 0.25) is 0 Å². The number of benzene rings is 7. The van der Waals surface area contributed by atoms with Crippen molar-refractivity contribution < 1.29 is 0 Å². The minimum atomic E-state index is 1.09. The topological polar surface area (TPSA) is 28.7 Å². The number of nitrogens with zero attached hydrogens (tertiary/aromatic N) is 1. The lowest BCUT2D eigenvalue weighted by Crippen LogP contribution is -1.91. The van der Waals surface area contributed by atoms with Crippen LogP contribution in [-0.2, 0) is 0 Å². The van der Waals surface area contributed by atoms with Crippen LogP contribution < -0.4 is 0 Å². The van der Waals surface area contributed by atoms with Crippen LogP contribution in [0.4, 0.5) is 0 Å². The number of hydrogen-bond donors (Lipinski definition) is 1. The van der Waals surface area contributed by atoms with Crippen molar-refractivity contribution in [3.63, 3.8) is 0 Å². The molecular formula is C37H24N2. The molecule has 1 heterocycles. The van der Waals surface area contributed by atoms with Crippen molar-refractivity contribution in [1.82, 2.24) is 10.2 Å². The molecule has 2 nitrogen and oxygen atoms in total. The summed E-state index contributed by atoms with van der Waals surface area (Å²) in [7, 11) is 0. The highest BCUT2D eigenvalue weighted by molar-refractivity contribution is 6.28. The molecule has 0 bridgehead atoms. The quantitative estimate of drug-likeness (QED) is 0.241. The van der Waals surface area contributed by atoms with Gasteiger partial charge < -0.3 is 0 Å². The van der Waals surface area contributed by atoms with Crippen molar-refractivity contribution in [3.05, 3.63) is 140 Å². The first-order valence-corrected chi connectivity index (χ1v) is 13.3. The molecule has 0 aliphatic rings. The molecule has 1 N–H and O–H groups in total. The number of H-pyrrole nitrogens is 1. The highest BCUT2D eigenvalue weighted by Gasteiger charge is 2.17. The summed E-state index contributed by atoms with van der Waals surface area (Å²) in [4.78, 5) is 0. The molecule has 0 spiro atoms. The third-order valence-corrected chi connectivity index (χ3v) is 7.98. The number of aromatic amines is 1. The predicted octanol–water partition coefficient (Wildman–Crippen LogP) is 9.98. The molecule has 0 fully saturated rings. The van der Waals surface area contributed by atoms with Gasteiger partial charge in [-0.05, 0) is 77.3 Å². The summed E-state index contributed by atoms with van der Waals surface area (Å²) in [6.07, 6.45) is 3.80. The molecule has 0 aliphatic heterocycles. The van der Waals surface area contributed by atoms with E-state index < -0.39 is 0 Å². The van der Waals surface area contributed by atoms with Gasteiger partial charge in [-0.15, -0.1) is 0 Å². The van der Waals surface area contributed by atoms with Gasteiger partial charge in [0.25, 0.3) is 0 Å². The highest BCUT2D eigenvalue weighted by Crippen LogP contribution is 2.44. The SMILES string of the molecule is c1ccc(-c2ccc(-c3cc(-c4ccc(-c5cn[nH]c5)cc4)c4ccc5cccc6ccc3c4c65)cc2)cc1. The fourth-order valence-electron chi connectivity index (χ4n) is 6.03. The molecule has 0 unspecified atom stereocenters. The molecular weight excluding hydrogens is 472 g/mol. The van der Waals surface area contributed by atoms with Crippen LogP contribution in [0.5, 0.6) is 0 Å². The number of rotatable bonds is 4. The molecule has 8 rings (SSSR count). The van der Waals surface area contributed by atoms with E-state index in [-0.39, 0.29) is 0 Å². The zero-order chi connectivity index (χ0) is 25.8. The summed E-state index contributed by atoms with van der Waals surface area (Å²) < 4.78 is 0. The van der Waals surface area contributed by atoms with Crippen molar-refractivity contribution in [2.24, 2.45) is 0 Å². The van der Waals surface area contributed by atoms with E-state index in [1.807, 2.05) is 12.4 Å². The molecule has 0 radical (unpaired) electrons. The molecule has 182 valence electrons. The summed E-state index contributed by atoms with van der Waals surface area (Å²) in [5.74, 6) is 0.